The van der Waals surface area contributed by atoms with Gasteiger partial charge in [-0.2, -0.15) is 4.68 Å². The van der Waals surface area contributed by atoms with E-state index in [-0.39, 0.29) is 5.88 Å². The molecular formula is C8H5BrCl2N4. The van der Waals surface area contributed by atoms with E-state index >= 15 is 0 Å². The first kappa shape index (κ1) is 10.9. The third-order valence-electron chi connectivity index (χ3n) is 1.80. The van der Waals surface area contributed by atoms with Crippen molar-refractivity contribution in [3.8, 4) is 5.69 Å². The molecule has 0 bridgehead atoms. The highest BCUT2D eigenvalue weighted by Crippen LogP contribution is 2.24. The first-order valence-corrected chi connectivity index (χ1v) is 5.71. The number of alkyl halides is 1. The van der Waals surface area contributed by atoms with E-state index in [9.17, 15) is 0 Å². The third-order valence-corrected chi connectivity index (χ3v) is 3.25. The number of tetrazole rings is 1. The molecule has 0 fully saturated rings. The van der Waals surface area contributed by atoms with Crippen LogP contribution in [0.3, 0.4) is 0 Å². The standard InChI is InChI=1S/C8H5BrCl2N4/c9-6-3-5(1-2-7(6)11)15-8(4-10)12-13-14-15/h1-3H,4H2. The lowest BCUT2D eigenvalue weighted by atomic mass is 10.3. The van der Waals surface area contributed by atoms with Gasteiger partial charge in [0.1, 0.15) is 0 Å². The molecular weight excluding hydrogens is 303 g/mol. The van der Waals surface area contributed by atoms with Crippen molar-refractivity contribution in [1.82, 2.24) is 20.2 Å². The van der Waals surface area contributed by atoms with Gasteiger partial charge in [-0.25, -0.2) is 0 Å². The monoisotopic (exact) mass is 306 g/mol. The van der Waals surface area contributed by atoms with Crippen LogP contribution in [-0.2, 0) is 5.88 Å². The van der Waals surface area contributed by atoms with Crippen LogP contribution < -0.4 is 0 Å². The number of halogens is 3. The number of rotatable bonds is 2. The molecule has 0 atom stereocenters. The predicted molar refractivity (Wildman–Crippen MR) is 61.4 cm³/mol. The Labute approximate surface area is 104 Å². The van der Waals surface area contributed by atoms with Crippen molar-refractivity contribution in [3.63, 3.8) is 0 Å². The number of hydrogen-bond acceptors (Lipinski definition) is 3. The normalized spacial score (nSPS) is 10.6. The van der Waals surface area contributed by atoms with Gasteiger partial charge in [-0.15, -0.1) is 16.7 Å². The van der Waals surface area contributed by atoms with Gasteiger partial charge >= 0.3 is 0 Å². The molecule has 2 rings (SSSR count). The van der Waals surface area contributed by atoms with Crippen molar-refractivity contribution in [2.45, 2.75) is 5.88 Å². The molecule has 2 aromatic rings. The Hall–Kier alpha value is -0.650. The van der Waals surface area contributed by atoms with Crippen LogP contribution >= 0.6 is 39.1 Å². The van der Waals surface area contributed by atoms with Crippen molar-refractivity contribution < 1.29 is 0 Å². The fraction of sp³-hybridized carbons (Fsp3) is 0.125. The Kier molecular flexibility index (Phi) is 3.23. The molecule has 0 unspecified atom stereocenters. The van der Waals surface area contributed by atoms with Crippen LogP contribution in [0.4, 0.5) is 0 Å². The molecule has 0 spiro atoms. The lowest BCUT2D eigenvalue weighted by Gasteiger charge is -2.03. The smallest absolute Gasteiger partial charge is 0.171 e. The fourth-order valence-electron chi connectivity index (χ4n) is 1.11. The third kappa shape index (κ3) is 2.14. The van der Waals surface area contributed by atoms with E-state index in [1.807, 2.05) is 12.1 Å². The fourth-order valence-corrected chi connectivity index (χ4v) is 1.76. The van der Waals surface area contributed by atoms with E-state index in [0.717, 1.165) is 10.2 Å². The average Bonchev–Trinajstić information content (AvgIpc) is 2.70. The summed E-state index contributed by atoms with van der Waals surface area (Å²) < 4.78 is 2.35. The number of hydrogen-bond donors (Lipinski definition) is 0. The Morgan fingerprint density at radius 2 is 2.20 bits per heavy atom. The van der Waals surface area contributed by atoms with Gasteiger partial charge in [0.25, 0.3) is 0 Å². The van der Waals surface area contributed by atoms with Crippen LogP contribution in [0, 0.1) is 0 Å². The minimum atomic E-state index is 0.257. The summed E-state index contributed by atoms with van der Waals surface area (Å²) in [7, 11) is 0. The van der Waals surface area contributed by atoms with Crippen molar-refractivity contribution in [2.24, 2.45) is 0 Å². The number of benzene rings is 1. The second-order valence-corrected chi connectivity index (χ2v) is 4.27. The maximum Gasteiger partial charge on any atom is 0.171 e. The summed E-state index contributed by atoms with van der Waals surface area (Å²) >= 11 is 14.9. The van der Waals surface area contributed by atoms with Gasteiger partial charge in [-0.05, 0) is 44.6 Å². The van der Waals surface area contributed by atoms with E-state index in [0.29, 0.717) is 10.8 Å². The van der Waals surface area contributed by atoms with E-state index in [4.69, 9.17) is 23.2 Å². The number of aromatic nitrogens is 4. The van der Waals surface area contributed by atoms with Crippen molar-refractivity contribution in [3.05, 3.63) is 33.5 Å². The largest absolute Gasteiger partial charge is 0.196 e. The molecule has 1 aromatic carbocycles. The Morgan fingerprint density at radius 3 is 2.87 bits per heavy atom. The van der Waals surface area contributed by atoms with Crippen molar-refractivity contribution in [2.75, 3.05) is 0 Å². The summed E-state index contributed by atoms with van der Waals surface area (Å²) in [6.45, 7) is 0. The van der Waals surface area contributed by atoms with Crippen LogP contribution in [-0.4, -0.2) is 20.2 Å². The van der Waals surface area contributed by atoms with E-state index in [1.165, 1.54) is 0 Å². The molecule has 0 saturated carbocycles. The van der Waals surface area contributed by atoms with Gasteiger partial charge in [0.15, 0.2) is 5.82 Å². The molecule has 0 N–H and O–H groups in total. The molecule has 0 aliphatic carbocycles. The molecule has 1 heterocycles. The van der Waals surface area contributed by atoms with Crippen molar-refractivity contribution >= 4 is 39.1 Å². The second kappa shape index (κ2) is 4.47. The summed E-state index contributed by atoms with van der Waals surface area (Å²) in [4.78, 5) is 0. The highest BCUT2D eigenvalue weighted by molar-refractivity contribution is 9.10. The molecule has 78 valence electrons. The van der Waals surface area contributed by atoms with E-state index in [1.54, 1.807) is 10.7 Å². The molecule has 7 heteroatoms. The van der Waals surface area contributed by atoms with Crippen LogP contribution in [0.2, 0.25) is 5.02 Å². The van der Waals surface area contributed by atoms with E-state index in [2.05, 4.69) is 31.5 Å². The molecule has 0 amide bonds. The zero-order chi connectivity index (χ0) is 10.8. The maximum atomic E-state index is 5.88. The number of nitrogens with zero attached hydrogens (tertiary/aromatic N) is 4. The lowest BCUT2D eigenvalue weighted by molar-refractivity contribution is 0.777. The van der Waals surface area contributed by atoms with Gasteiger partial charge in [0.05, 0.1) is 16.6 Å². The Balaban J connectivity index is 2.50. The summed E-state index contributed by atoms with van der Waals surface area (Å²) in [5.41, 5.74) is 0.812. The van der Waals surface area contributed by atoms with Gasteiger partial charge in [-0.1, -0.05) is 11.6 Å². The second-order valence-electron chi connectivity index (χ2n) is 2.74. The van der Waals surface area contributed by atoms with E-state index < -0.39 is 0 Å². The van der Waals surface area contributed by atoms with Crippen LogP contribution in [0.1, 0.15) is 5.82 Å². The van der Waals surface area contributed by atoms with Crippen LogP contribution in [0.25, 0.3) is 5.69 Å². The molecule has 0 radical (unpaired) electrons. The molecule has 0 saturated heterocycles. The zero-order valence-electron chi connectivity index (χ0n) is 7.36. The molecule has 0 aliphatic rings. The van der Waals surface area contributed by atoms with Gasteiger partial charge in [0.2, 0.25) is 0 Å². The highest BCUT2D eigenvalue weighted by atomic mass is 79.9. The average molecular weight is 308 g/mol. The maximum absolute atomic E-state index is 5.88. The minimum Gasteiger partial charge on any atom is -0.196 e. The predicted octanol–water partition coefficient (Wildman–Crippen LogP) is 2.82. The quantitative estimate of drug-likeness (QED) is 0.801. The highest BCUT2D eigenvalue weighted by Gasteiger charge is 2.08. The van der Waals surface area contributed by atoms with Gasteiger partial charge in [0, 0.05) is 4.47 Å². The zero-order valence-corrected chi connectivity index (χ0v) is 10.5. The Morgan fingerprint density at radius 1 is 1.40 bits per heavy atom. The Bertz CT molecular complexity index is 485. The topological polar surface area (TPSA) is 43.6 Å². The van der Waals surface area contributed by atoms with Gasteiger partial charge < -0.3 is 0 Å². The SMILES string of the molecule is ClCc1nnnn1-c1ccc(Cl)c(Br)c1. The summed E-state index contributed by atoms with van der Waals surface area (Å²) in [6.07, 6.45) is 0. The molecule has 1 aromatic heterocycles. The molecule has 4 nitrogen and oxygen atoms in total. The lowest BCUT2D eigenvalue weighted by Crippen LogP contribution is -2.01. The van der Waals surface area contributed by atoms with Crippen LogP contribution in [0.15, 0.2) is 22.7 Å². The summed E-state index contributed by atoms with van der Waals surface area (Å²) in [6, 6.07) is 5.41. The summed E-state index contributed by atoms with van der Waals surface area (Å²) in [5, 5.41) is 11.8. The summed E-state index contributed by atoms with van der Waals surface area (Å²) in [5.74, 6) is 0.846. The molecule has 15 heavy (non-hydrogen) atoms. The first-order chi connectivity index (χ1) is 7.22. The van der Waals surface area contributed by atoms with Gasteiger partial charge in [-0.3, -0.25) is 0 Å². The van der Waals surface area contributed by atoms with Crippen LogP contribution in [0.5, 0.6) is 0 Å². The minimum absolute atomic E-state index is 0.257. The van der Waals surface area contributed by atoms with Crippen molar-refractivity contribution in [1.29, 1.82) is 0 Å². The molecule has 0 aliphatic heterocycles. The first-order valence-electron chi connectivity index (χ1n) is 4.01.